The molecule has 0 aliphatic heterocycles. The van der Waals surface area contributed by atoms with E-state index >= 15 is 0 Å². The Morgan fingerprint density at radius 3 is 1.07 bits per heavy atom. The van der Waals surface area contributed by atoms with Crippen LogP contribution in [-0.4, -0.2) is 48.2 Å². The van der Waals surface area contributed by atoms with Crippen molar-refractivity contribution in [3.05, 3.63) is 0 Å². The predicted octanol–water partition coefficient (Wildman–Crippen LogP) is 11.3. The minimum atomic E-state index is -0.203. The molecule has 0 saturated heterocycles. The van der Waals surface area contributed by atoms with Crippen LogP contribution in [0.4, 0.5) is 0 Å². The highest BCUT2D eigenvalue weighted by molar-refractivity contribution is 4.68. The van der Waals surface area contributed by atoms with E-state index in [1.54, 1.807) is 0 Å². The fourth-order valence-corrected chi connectivity index (χ4v) is 7.48. The number of aliphatic hydroxyl groups is 2. The lowest BCUT2D eigenvalue weighted by Crippen LogP contribution is -2.28. The number of hydrogen-bond donors (Lipinski definition) is 2. The Bertz CT molecular complexity index is 574. The van der Waals surface area contributed by atoms with Crippen LogP contribution in [0.5, 0.6) is 0 Å². The smallest absolute Gasteiger partial charge is 0.160 e. The first-order chi connectivity index (χ1) is 21.4. The largest absolute Gasteiger partial charge is 0.393 e. The zero-order valence-electron chi connectivity index (χ0n) is 32.0. The molecule has 0 saturated carbocycles. The number of ether oxygens (including phenoxy) is 3. The van der Waals surface area contributed by atoms with Gasteiger partial charge in [-0.1, -0.05) is 93.9 Å². The van der Waals surface area contributed by atoms with E-state index in [2.05, 4.69) is 55.4 Å². The van der Waals surface area contributed by atoms with Crippen molar-refractivity contribution in [2.45, 2.75) is 210 Å². The molecule has 0 aromatic carbocycles. The summed E-state index contributed by atoms with van der Waals surface area (Å²) in [6.07, 6.45) is 19.3. The Hall–Kier alpha value is -0.200. The second kappa shape index (κ2) is 28.8. The molecule has 0 spiro atoms. The monoisotopic (exact) mass is 643 g/mol. The standard InChI is InChI=1S/C40H82O5/c1-11-13-15-23-43-39(21-17-19-31(3)25-33(5)27-35(7)29-37(9)41)45-40(44-24-16-14-12-2)22-18-20-32(4)26-34(6)28-36(8)30-38(10)42/h31-42H,11-30H2,1-10H3. The van der Waals surface area contributed by atoms with E-state index < -0.39 is 0 Å². The van der Waals surface area contributed by atoms with Gasteiger partial charge in [0.05, 0.1) is 12.2 Å². The van der Waals surface area contributed by atoms with E-state index in [1.165, 1.54) is 64.2 Å². The first-order valence-electron chi connectivity index (χ1n) is 19.6. The number of aliphatic hydroxyl groups excluding tert-OH is 2. The van der Waals surface area contributed by atoms with Gasteiger partial charge in [-0.25, -0.2) is 0 Å². The van der Waals surface area contributed by atoms with Crippen LogP contribution in [0.2, 0.25) is 0 Å². The summed E-state index contributed by atoms with van der Waals surface area (Å²) in [5, 5.41) is 19.4. The number of unbranched alkanes of at least 4 members (excludes halogenated alkanes) is 4. The minimum Gasteiger partial charge on any atom is -0.393 e. The molecule has 0 amide bonds. The maximum absolute atomic E-state index is 9.72. The Morgan fingerprint density at radius 1 is 0.400 bits per heavy atom. The maximum atomic E-state index is 9.72. The molecule has 5 nitrogen and oxygen atoms in total. The Labute approximate surface area is 282 Å². The second-order valence-electron chi connectivity index (χ2n) is 15.8. The van der Waals surface area contributed by atoms with Crippen molar-refractivity contribution in [3.8, 4) is 0 Å². The maximum Gasteiger partial charge on any atom is 0.160 e. The lowest BCUT2D eigenvalue weighted by atomic mass is 9.86. The summed E-state index contributed by atoms with van der Waals surface area (Å²) in [6, 6.07) is 0. The predicted molar refractivity (Wildman–Crippen MR) is 193 cm³/mol. The van der Waals surface area contributed by atoms with Crippen LogP contribution in [0.1, 0.15) is 185 Å². The molecule has 272 valence electrons. The molecule has 0 bridgehead atoms. The van der Waals surface area contributed by atoms with Crippen molar-refractivity contribution in [2.24, 2.45) is 35.5 Å². The van der Waals surface area contributed by atoms with Crippen LogP contribution in [0.3, 0.4) is 0 Å². The molecule has 0 radical (unpaired) electrons. The van der Waals surface area contributed by atoms with Crippen molar-refractivity contribution in [3.63, 3.8) is 0 Å². The highest BCUT2D eigenvalue weighted by Gasteiger charge is 2.21. The third kappa shape index (κ3) is 28.5. The fourth-order valence-electron chi connectivity index (χ4n) is 7.48. The summed E-state index contributed by atoms with van der Waals surface area (Å²) in [5.74, 6) is 3.88. The summed E-state index contributed by atoms with van der Waals surface area (Å²) >= 11 is 0. The molecule has 2 N–H and O–H groups in total. The highest BCUT2D eigenvalue weighted by atomic mass is 16.8. The molecule has 10 unspecified atom stereocenters. The summed E-state index contributed by atoms with van der Waals surface area (Å²) < 4.78 is 19.3. The van der Waals surface area contributed by atoms with Gasteiger partial charge in [-0.05, 0) is 126 Å². The van der Waals surface area contributed by atoms with Gasteiger partial charge in [-0.2, -0.15) is 0 Å². The van der Waals surface area contributed by atoms with Gasteiger partial charge in [0.15, 0.2) is 12.6 Å². The van der Waals surface area contributed by atoms with E-state index in [0.29, 0.717) is 35.5 Å². The van der Waals surface area contributed by atoms with Gasteiger partial charge in [-0.15, -0.1) is 0 Å². The van der Waals surface area contributed by atoms with Crippen LogP contribution in [0.25, 0.3) is 0 Å². The summed E-state index contributed by atoms with van der Waals surface area (Å²) in [6.45, 7) is 23.9. The van der Waals surface area contributed by atoms with Crippen LogP contribution in [0, 0.1) is 35.5 Å². The Kier molecular flexibility index (Phi) is 28.7. The molecular weight excluding hydrogens is 560 g/mol. The van der Waals surface area contributed by atoms with Crippen molar-refractivity contribution < 1.29 is 24.4 Å². The van der Waals surface area contributed by atoms with E-state index in [1.807, 2.05) is 13.8 Å². The van der Waals surface area contributed by atoms with Crippen molar-refractivity contribution in [2.75, 3.05) is 13.2 Å². The first kappa shape index (κ1) is 44.8. The van der Waals surface area contributed by atoms with Gasteiger partial charge >= 0.3 is 0 Å². The quantitative estimate of drug-likeness (QED) is 0.0564. The summed E-state index contributed by atoms with van der Waals surface area (Å²) in [5.41, 5.74) is 0. The molecule has 10 atom stereocenters. The van der Waals surface area contributed by atoms with Gasteiger partial charge in [-0.3, -0.25) is 0 Å². The normalized spacial score (nSPS) is 18.9. The average molecular weight is 643 g/mol. The van der Waals surface area contributed by atoms with Gasteiger partial charge in [0.25, 0.3) is 0 Å². The van der Waals surface area contributed by atoms with Crippen LogP contribution < -0.4 is 0 Å². The highest BCUT2D eigenvalue weighted by Crippen LogP contribution is 2.27. The Morgan fingerprint density at radius 2 is 0.733 bits per heavy atom. The van der Waals surface area contributed by atoms with Crippen molar-refractivity contribution in [1.29, 1.82) is 0 Å². The van der Waals surface area contributed by atoms with Gasteiger partial charge in [0.2, 0.25) is 0 Å². The molecule has 0 rings (SSSR count). The lowest BCUT2D eigenvalue weighted by molar-refractivity contribution is -0.250. The second-order valence-corrected chi connectivity index (χ2v) is 15.8. The topological polar surface area (TPSA) is 68.2 Å². The van der Waals surface area contributed by atoms with E-state index in [-0.39, 0.29) is 24.8 Å². The molecule has 45 heavy (non-hydrogen) atoms. The summed E-state index contributed by atoms with van der Waals surface area (Å²) in [7, 11) is 0. The SMILES string of the molecule is CCCCCOC(CCCC(C)CC(C)CC(C)CC(C)O)OC(CCCC(C)CC(C)CC(C)CC(C)O)OCCCCC. The molecule has 5 heteroatoms. The molecule has 0 aromatic rings. The molecule has 0 aliphatic rings. The minimum absolute atomic E-state index is 0.193. The van der Waals surface area contributed by atoms with Gasteiger partial charge < -0.3 is 24.4 Å². The van der Waals surface area contributed by atoms with Crippen LogP contribution >= 0.6 is 0 Å². The van der Waals surface area contributed by atoms with E-state index in [0.717, 1.165) is 64.6 Å². The van der Waals surface area contributed by atoms with Crippen LogP contribution in [0.15, 0.2) is 0 Å². The molecular formula is C40H82O5. The van der Waals surface area contributed by atoms with Crippen molar-refractivity contribution >= 4 is 0 Å². The van der Waals surface area contributed by atoms with Crippen molar-refractivity contribution in [1.82, 2.24) is 0 Å². The number of rotatable bonds is 32. The summed E-state index contributed by atoms with van der Waals surface area (Å²) in [4.78, 5) is 0. The fraction of sp³-hybridized carbons (Fsp3) is 1.00. The first-order valence-corrected chi connectivity index (χ1v) is 19.6. The van der Waals surface area contributed by atoms with Gasteiger partial charge in [0.1, 0.15) is 0 Å². The average Bonchev–Trinajstić information content (AvgIpc) is 2.91. The zero-order valence-corrected chi connectivity index (χ0v) is 32.0. The molecule has 0 aromatic heterocycles. The third-order valence-corrected chi connectivity index (χ3v) is 9.39. The lowest BCUT2D eigenvalue weighted by Gasteiger charge is -2.27. The molecule has 0 fully saturated rings. The van der Waals surface area contributed by atoms with Gasteiger partial charge in [0, 0.05) is 13.2 Å². The van der Waals surface area contributed by atoms with Crippen LogP contribution in [-0.2, 0) is 14.2 Å². The molecule has 0 heterocycles. The molecule has 0 aliphatic carbocycles. The Balaban J connectivity index is 4.96. The third-order valence-electron chi connectivity index (χ3n) is 9.39. The van der Waals surface area contributed by atoms with E-state index in [4.69, 9.17) is 14.2 Å². The van der Waals surface area contributed by atoms with E-state index in [9.17, 15) is 10.2 Å². The number of hydrogen-bond acceptors (Lipinski definition) is 5. The zero-order chi connectivity index (χ0) is 34.0.